The van der Waals surface area contributed by atoms with Crippen LogP contribution in [0, 0.1) is 0 Å². The lowest BCUT2D eigenvalue weighted by atomic mass is 10.1. The zero-order valence-corrected chi connectivity index (χ0v) is 14.7. The maximum absolute atomic E-state index is 9.95. The maximum atomic E-state index is 9.95. The van der Waals surface area contributed by atoms with Gasteiger partial charge in [-0.15, -0.1) is 0 Å². The summed E-state index contributed by atoms with van der Waals surface area (Å²) < 4.78 is 10.2. The Morgan fingerprint density at radius 1 is 0.880 bits per heavy atom. The van der Waals surface area contributed by atoms with E-state index in [0.29, 0.717) is 31.1 Å². The van der Waals surface area contributed by atoms with E-state index >= 15 is 0 Å². The largest absolute Gasteiger partial charge is 0.504 e. The second kappa shape index (κ2) is 9.15. The van der Waals surface area contributed by atoms with E-state index < -0.39 is 0 Å². The van der Waals surface area contributed by atoms with Crippen LogP contribution in [-0.4, -0.2) is 42.4 Å². The van der Waals surface area contributed by atoms with Crippen molar-refractivity contribution in [2.24, 2.45) is 5.73 Å². The quantitative estimate of drug-likeness (QED) is 0.646. The fourth-order valence-corrected chi connectivity index (χ4v) is 2.71. The SMILES string of the molecule is COc1ccc(CN(CCCN)Cc2ccc(OC)c(O)c2)cc1O. The molecule has 0 aromatic heterocycles. The first-order chi connectivity index (χ1) is 12.1. The Hall–Kier alpha value is -2.44. The standard InChI is InChI=1S/C19H26N2O4/c1-24-18-6-4-14(10-16(18)22)12-21(9-3-8-20)13-15-5-7-19(25-2)17(23)11-15/h4-7,10-11,22-23H,3,8-9,12-13,20H2,1-2H3. The van der Waals surface area contributed by atoms with Gasteiger partial charge in [0.05, 0.1) is 14.2 Å². The van der Waals surface area contributed by atoms with Crippen molar-refractivity contribution in [2.45, 2.75) is 19.5 Å². The number of nitrogens with two attached hydrogens (primary N) is 1. The van der Waals surface area contributed by atoms with Crippen molar-refractivity contribution in [3.8, 4) is 23.0 Å². The molecule has 6 heteroatoms. The summed E-state index contributed by atoms with van der Waals surface area (Å²) in [6, 6.07) is 10.8. The molecule has 6 nitrogen and oxygen atoms in total. The van der Waals surface area contributed by atoms with Gasteiger partial charge in [-0.3, -0.25) is 4.90 Å². The molecular formula is C19H26N2O4. The second-order valence-electron chi connectivity index (χ2n) is 5.87. The second-order valence-corrected chi connectivity index (χ2v) is 5.87. The van der Waals surface area contributed by atoms with Crippen LogP contribution < -0.4 is 15.2 Å². The van der Waals surface area contributed by atoms with Gasteiger partial charge in [0.15, 0.2) is 23.0 Å². The minimum absolute atomic E-state index is 0.126. The molecule has 0 spiro atoms. The third kappa shape index (κ3) is 5.27. The molecule has 0 heterocycles. The molecule has 0 aliphatic carbocycles. The minimum Gasteiger partial charge on any atom is -0.504 e. The van der Waals surface area contributed by atoms with Crippen LogP contribution in [0.2, 0.25) is 0 Å². The van der Waals surface area contributed by atoms with Gasteiger partial charge in [-0.1, -0.05) is 12.1 Å². The number of benzene rings is 2. The van der Waals surface area contributed by atoms with E-state index in [1.807, 2.05) is 12.1 Å². The predicted octanol–water partition coefficient (Wildman–Crippen LogP) is 2.47. The Kier molecular flexibility index (Phi) is 6.91. The van der Waals surface area contributed by atoms with E-state index in [1.165, 1.54) is 14.2 Å². The van der Waals surface area contributed by atoms with E-state index in [-0.39, 0.29) is 11.5 Å². The normalized spacial score (nSPS) is 10.9. The average Bonchev–Trinajstić information content (AvgIpc) is 2.60. The van der Waals surface area contributed by atoms with Crippen molar-refractivity contribution in [1.29, 1.82) is 0 Å². The van der Waals surface area contributed by atoms with E-state index in [9.17, 15) is 10.2 Å². The molecule has 2 aromatic carbocycles. The fourth-order valence-electron chi connectivity index (χ4n) is 2.71. The number of hydrogen-bond donors (Lipinski definition) is 3. The molecule has 25 heavy (non-hydrogen) atoms. The van der Waals surface area contributed by atoms with Crippen LogP contribution in [0.25, 0.3) is 0 Å². The molecule has 0 fully saturated rings. The summed E-state index contributed by atoms with van der Waals surface area (Å²) in [5, 5.41) is 19.9. The number of methoxy groups -OCH3 is 2. The minimum atomic E-state index is 0.126. The molecule has 0 aliphatic heterocycles. The predicted molar refractivity (Wildman–Crippen MR) is 97.1 cm³/mol. The zero-order chi connectivity index (χ0) is 18.2. The molecule has 0 radical (unpaired) electrons. The third-order valence-electron chi connectivity index (χ3n) is 3.98. The van der Waals surface area contributed by atoms with Gasteiger partial charge in [-0.25, -0.2) is 0 Å². The maximum Gasteiger partial charge on any atom is 0.160 e. The number of phenolic OH excluding ortho intramolecular Hbond substituents is 2. The number of rotatable bonds is 9. The van der Waals surface area contributed by atoms with Gasteiger partial charge in [0.2, 0.25) is 0 Å². The summed E-state index contributed by atoms with van der Waals surface area (Å²) in [4.78, 5) is 2.22. The van der Waals surface area contributed by atoms with Crippen LogP contribution in [0.3, 0.4) is 0 Å². The van der Waals surface area contributed by atoms with Crippen LogP contribution in [0.4, 0.5) is 0 Å². The smallest absolute Gasteiger partial charge is 0.160 e. The average molecular weight is 346 g/mol. The molecular weight excluding hydrogens is 320 g/mol. The molecule has 0 amide bonds. The zero-order valence-electron chi connectivity index (χ0n) is 14.7. The topological polar surface area (TPSA) is 88.2 Å². The van der Waals surface area contributed by atoms with Crippen molar-refractivity contribution in [2.75, 3.05) is 27.3 Å². The van der Waals surface area contributed by atoms with Crippen molar-refractivity contribution >= 4 is 0 Å². The van der Waals surface area contributed by atoms with Crippen molar-refractivity contribution in [3.63, 3.8) is 0 Å². The van der Waals surface area contributed by atoms with Crippen LogP contribution >= 0.6 is 0 Å². The third-order valence-corrected chi connectivity index (χ3v) is 3.98. The first kappa shape index (κ1) is 18.9. The molecule has 0 saturated carbocycles. The van der Waals surface area contributed by atoms with Crippen LogP contribution in [-0.2, 0) is 13.1 Å². The van der Waals surface area contributed by atoms with E-state index in [0.717, 1.165) is 24.1 Å². The lowest BCUT2D eigenvalue weighted by molar-refractivity contribution is 0.254. The van der Waals surface area contributed by atoms with Crippen LogP contribution in [0.5, 0.6) is 23.0 Å². The number of aromatic hydroxyl groups is 2. The molecule has 0 bridgehead atoms. The summed E-state index contributed by atoms with van der Waals surface area (Å²) in [5.74, 6) is 1.16. The molecule has 136 valence electrons. The van der Waals surface area contributed by atoms with Crippen LogP contribution in [0.1, 0.15) is 17.5 Å². The highest BCUT2D eigenvalue weighted by molar-refractivity contribution is 5.42. The summed E-state index contributed by atoms with van der Waals surface area (Å²) in [5.41, 5.74) is 7.61. The summed E-state index contributed by atoms with van der Waals surface area (Å²) in [6.45, 7) is 2.74. The van der Waals surface area contributed by atoms with Crippen molar-refractivity contribution in [1.82, 2.24) is 4.90 Å². The first-order valence-corrected chi connectivity index (χ1v) is 8.21. The molecule has 4 N–H and O–H groups in total. The highest BCUT2D eigenvalue weighted by atomic mass is 16.5. The van der Waals surface area contributed by atoms with Crippen LogP contribution in [0.15, 0.2) is 36.4 Å². The first-order valence-electron chi connectivity index (χ1n) is 8.21. The number of ether oxygens (including phenoxy) is 2. The number of phenols is 2. The summed E-state index contributed by atoms with van der Waals surface area (Å²) in [7, 11) is 3.05. The lowest BCUT2D eigenvalue weighted by Crippen LogP contribution is -2.25. The Morgan fingerprint density at radius 3 is 1.72 bits per heavy atom. The van der Waals surface area contributed by atoms with Gasteiger partial charge in [-0.05, 0) is 48.4 Å². The highest BCUT2D eigenvalue weighted by Gasteiger charge is 2.11. The molecule has 0 unspecified atom stereocenters. The molecule has 2 rings (SSSR count). The highest BCUT2D eigenvalue weighted by Crippen LogP contribution is 2.28. The van der Waals surface area contributed by atoms with Crippen molar-refractivity contribution in [3.05, 3.63) is 47.5 Å². The Labute approximate surface area is 148 Å². The van der Waals surface area contributed by atoms with E-state index in [1.54, 1.807) is 24.3 Å². The fraction of sp³-hybridized carbons (Fsp3) is 0.368. The van der Waals surface area contributed by atoms with E-state index in [2.05, 4.69) is 4.90 Å². The molecule has 2 aromatic rings. The van der Waals surface area contributed by atoms with Gasteiger partial charge >= 0.3 is 0 Å². The monoisotopic (exact) mass is 346 g/mol. The Morgan fingerprint density at radius 2 is 1.36 bits per heavy atom. The number of nitrogens with zero attached hydrogens (tertiary/aromatic N) is 1. The van der Waals surface area contributed by atoms with Gasteiger partial charge in [0.25, 0.3) is 0 Å². The van der Waals surface area contributed by atoms with Crippen molar-refractivity contribution < 1.29 is 19.7 Å². The lowest BCUT2D eigenvalue weighted by Gasteiger charge is -2.23. The Bertz CT molecular complexity index is 636. The molecule has 0 aliphatic rings. The van der Waals surface area contributed by atoms with E-state index in [4.69, 9.17) is 15.2 Å². The van der Waals surface area contributed by atoms with Gasteiger partial charge in [0, 0.05) is 19.6 Å². The Balaban J connectivity index is 2.12. The van der Waals surface area contributed by atoms with Gasteiger partial charge < -0.3 is 25.4 Å². The van der Waals surface area contributed by atoms with Gasteiger partial charge in [0.1, 0.15) is 0 Å². The summed E-state index contributed by atoms with van der Waals surface area (Å²) >= 11 is 0. The molecule has 0 atom stereocenters. The number of hydrogen-bond acceptors (Lipinski definition) is 6. The summed E-state index contributed by atoms with van der Waals surface area (Å²) in [6.07, 6.45) is 0.865. The molecule has 0 saturated heterocycles. The van der Waals surface area contributed by atoms with Gasteiger partial charge in [-0.2, -0.15) is 0 Å².